The molecule has 4 heterocycles. The highest BCUT2D eigenvalue weighted by atomic mass is 32.2. The molecule has 2 aliphatic rings. The van der Waals surface area contributed by atoms with Crippen LogP contribution in [0.15, 0.2) is 60.9 Å². The van der Waals surface area contributed by atoms with E-state index < -0.39 is 10.0 Å². The van der Waals surface area contributed by atoms with E-state index in [9.17, 15) is 13.2 Å². The van der Waals surface area contributed by atoms with Crippen LogP contribution in [0.3, 0.4) is 0 Å². The standard InChI is InChI=1S/C37H48N6O5S/c1-39(2)18-20-47-29-6-8-31-33(24-38-35(31)22-29)27-10-14-41(15-11-27)37(44)26-42-25-34(28-12-16-43(17-13-28)49(5,45)46)32-9-7-30(23-36(32)42)48-21-19-40(3)4/h6-10,12,22-25,38H,11,13-21,26H2,1-5H3. The van der Waals surface area contributed by atoms with Crippen molar-refractivity contribution in [2.24, 2.45) is 0 Å². The number of rotatable bonds is 13. The zero-order valence-electron chi connectivity index (χ0n) is 29.2. The topological polar surface area (TPSA) is 103 Å². The molecule has 0 atom stereocenters. The lowest BCUT2D eigenvalue weighted by atomic mass is 9.99. The molecule has 0 fully saturated rings. The van der Waals surface area contributed by atoms with Crippen molar-refractivity contribution >= 4 is 48.9 Å². The molecule has 12 heteroatoms. The minimum absolute atomic E-state index is 0.0528. The fourth-order valence-electron chi connectivity index (χ4n) is 6.48. The molecular weight excluding hydrogens is 641 g/mol. The van der Waals surface area contributed by atoms with Gasteiger partial charge in [-0.2, -0.15) is 4.31 Å². The van der Waals surface area contributed by atoms with Gasteiger partial charge in [0.15, 0.2) is 0 Å². The van der Waals surface area contributed by atoms with Crippen molar-refractivity contribution in [2.45, 2.75) is 19.4 Å². The molecule has 2 aromatic carbocycles. The molecule has 0 unspecified atom stereocenters. The summed E-state index contributed by atoms with van der Waals surface area (Å²) >= 11 is 0. The first-order valence-corrected chi connectivity index (χ1v) is 18.7. The van der Waals surface area contributed by atoms with Gasteiger partial charge in [0.1, 0.15) is 31.3 Å². The summed E-state index contributed by atoms with van der Waals surface area (Å²) in [5.74, 6) is 1.66. The van der Waals surface area contributed by atoms with E-state index in [1.165, 1.54) is 21.7 Å². The largest absolute Gasteiger partial charge is 0.492 e. The summed E-state index contributed by atoms with van der Waals surface area (Å²) in [5, 5.41) is 2.18. The Kier molecular flexibility index (Phi) is 10.5. The zero-order chi connectivity index (χ0) is 34.7. The molecule has 1 N–H and O–H groups in total. The molecule has 0 saturated heterocycles. The molecule has 6 rings (SSSR count). The molecule has 49 heavy (non-hydrogen) atoms. The number of hydrogen-bond acceptors (Lipinski definition) is 7. The monoisotopic (exact) mass is 688 g/mol. The number of carbonyl (C=O) groups excluding carboxylic acids is 1. The van der Waals surface area contributed by atoms with Crippen molar-refractivity contribution in [1.82, 2.24) is 28.6 Å². The van der Waals surface area contributed by atoms with Gasteiger partial charge in [-0.15, -0.1) is 0 Å². The molecule has 0 bridgehead atoms. The van der Waals surface area contributed by atoms with E-state index in [4.69, 9.17) is 9.47 Å². The number of nitrogens with one attached hydrogen (secondary N) is 1. The van der Waals surface area contributed by atoms with Crippen LogP contribution < -0.4 is 9.47 Å². The summed E-state index contributed by atoms with van der Waals surface area (Å²) in [5.41, 5.74) is 6.48. The molecule has 2 aliphatic heterocycles. The van der Waals surface area contributed by atoms with Gasteiger partial charge in [0, 0.05) is 91.2 Å². The molecule has 2 aromatic heterocycles. The molecular formula is C37H48N6O5S. The number of hydrogen-bond donors (Lipinski definition) is 1. The Morgan fingerprint density at radius 3 is 2.08 bits per heavy atom. The Morgan fingerprint density at radius 2 is 1.47 bits per heavy atom. The quantitative estimate of drug-likeness (QED) is 0.223. The van der Waals surface area contributed by atoms with Gasteiger partial charge in [0.2, 0.25) is 15.9 Å². The van der Waals surface area contributed by atoms with Crippen LogP contribution in [-0.4, -0.2) is 130 Å². The fourth-order valence-corrected chi connectivity index (χ4v) is 7.25. The third kappa shape index (κ3) is 8.21. The summed E-state index contributed by atoms with van der Waals surface area (Å²) in [6.07, 6.45) is 10.9. The average Bonchev–Trinajstić information content (AvgIpc) is 3.65. The Hall–Kier alpha value is -4.10. The highest BCUT2D eigenvalue weighted by Crippen LogP contribution is 2.35. The SMILES string of the molecule is CN(C)CCOc1ccc2c(C3=CCN(C(=O)Cn4cc(C5=CCN(S(C)(=O)=O)CC5)c5ccc(OCCN(C)C)cc54)CC3)c[nH]c2c1. The predicted octanol–water partition coefficient (Wildman–Crippen LogP) is 4.37. The average molecular weight is 689 g/mol. The molecule has 4 aromatic rings. The smallest absolute Gasteiger partial charge is 0.242 e. The second kappa shape index (κ2) is 14.8. The number of sulfonamides is 1. The van der Waals surface area contributed by atoms with Gasteiger partial charge in [0.25, 0.3) is 0 Å². The van der Waals surface area contributed by atoms with Crippen LogP contribution in [0, 0.1) is 0 Å². The first-order chi connectivity index (χ1) is 23.5. The number of likely N-dealkylation sites (N-methyl/N-ethyl adjacent to an activating group) is 2. The normalized spacial score (nSPS) is 16.1. The summed E-state index contributed by atoms with van der Waals surface area (Å²) in [6.45, 7) is 5.01. The van der Waals surface area contributed by atoms with Crippen LogP contribution in [0.4, 0.5) is 0 Å². The van der Waals surface area contributed by atoms with Gasteiger partial charge in [-0.25, -0.2) is 8.42 Å². The zero-order valence-corrected chi connectivity index (χ0v) is 30.1. The summed E-state index contributed by atoms with van der Waals surface area (Å²) in [4.78, 5) is 23.3. The number of nitrogens with zero attached hydrogens (tertiary/aromatic N) is 5. The van der Waals surface area contributed by atoms with E-state index in [2.05, 4.69) is 39.2 Å². The lowest BCUT2D eigenvalue weighted by Crippen LogP contribution is -2.36. The van der Waals surface area contributed by atoms with Gasteiger partial charge in [-0.05, 0) is 76.4 Å². The second-order valence-electron chi connectivity index (χ2n) is 13.5. The fraction of sp³-hybridized carbons (Fsp3) is 0.432. The minimum atomic E-state index is -3.25. The molecule has 0 spiro atoms. The van der Waals surface area contributed by atoms with Crippen molar-refractivity contribution in [1.29, 1.82) is 0 Å². The number of carbonyl (C=O) groups is 1. The van der Waals surface area contributed by atoms with Crippen LogP contribution in [0.2, 0.25) is 0 Å². The highest BCUT2D eigenvalue weighted by molar-refractivity contribution is 7.88. The van der Waals surface area contributed by atoms with Gasteiger partial charge in [-0.1, -0.05) is 12.2 Å². The number of fused-ring (bicyclic) bond motifs is 2. The summed E-state index contributed by atoms with van der Waals surface area (Å²) in [6, 6.07) is 12.2. The summed E-state index contributed by atoms with van der Waals surface area (Å²) in [7, 11) is 4.83. The van der Waals surface area contributed by atoms with Gasteiger partial charge in [0.05, 0.1) is 11.8 Å². The Labute approximate surface area is 289 Å². The second-order valence-corrected chi connectivity index (χ2v) is 15.5. The third-order valence-corrected chi connectivity index (χ3v) is 10.6. The first kappa shape index (κ1) is 34.8. The van der Waals surface area contributed by atoms with Crippen LogP contribution in [0.25, 0.3) is 33.0 Å². The number of aromatic amines is 1. The lowest BCUT2D eigenvalue weighted by molar-refractivity contribution is -0.131. The molecule has 0 radical (unpaired) electrons. The van der Waals surface area contributed by atoms with Crippen molar-refractivity contribution in [3.63, 3.8) is 0 Å². The molecule has 262 valence electrons. The number of H-pyrrole nitrogens is 1. The maximum absolute atomic E-state index is 13.8. The van der Waals surface area contributed by atoms with E-state index >= 15 is 0 Å². The Balaban J connectivity index is 1.19. The Morgan fingerprint density at radius 1 is 0.837 bits per heavy atom. The van der Waals surface area contributed by atoms with Gasteiger partial charge < -0.3 is 33.7 Å². The summed E-state index contributed by atoms with van der Waals surface area (Å²) < 4.78 is 39.7. The maximum Gasteiger partial charge on any atom is 0.242 e. The van der Waals surface area contributed by atoms with E-state index in [0.29, 0.717) is 45.8 Å². The third-order valence-electron chi connectivity index (χ3n) is 9.32. The van der Waals surface area contributed by atoms with Crippen molar-refractivity contribution in [3.05, 3.63) is 72.1 Å². The molecule has 0 saturated carbocycles. The van der Waals surface area contributed by atoms with Crippen molar-refractivity contribution in [3.8, 4) is 11.5 Å². The first-order valence-electron chi connectivity index (χ1n) is 16.9. The number of amides is 1. The molecule has 0 aliphatic carbocycles. The number of aromatic nitrogens is 2. The van der Waals surface area contributed by atoms with E-state index in [1.54, 1.807) is 0 Å². The number of benzene rings is 2. The number of ether oxygens (including phenoxy) is 2. The Bertz CT molecular complexity index is 1990. The van der Waals surface area contributed by atoms with Crippen molar-refractivity contribution < 1.29 is 22.7 Å². The van der Waals surface area contributed by atoms with Crippen LogP contribution >= 0.6 is 0 Å². The van der Waals surface area contributed by atoms with Gasteiger partial charge >= 0.3 is 0 Å². The highest BCUT2D eigenvalue weighted by Gasteiger charge is 2.24. The van der Waals surface area contributed by atoms with Crippen LogP contribution in [0.5, 0.6) is 11.5 Å². The maximum atomic E-state index is 13.8. The lowest BCUT2D eigenvalue weighted by Gasteiger charge is -2.27. The van der Waals surface area contributed by atoms with Crippen LogP contribution in [-0.2, 0) is 21.4 Å². The van der Waals surface area contributed by atoms with E-state index in [-0.39, 0.29) is 12.5 Å². The van der Waals surface area contributed by atoms with Crippen LogP contribution in [0.1, 0.15) is 24.0 Å². The minimum Gasteiger partial charge on any atom is -0.492 e. The molecule has 11 nitrogen and oxygen atoms in total. The van der Waals surface area contributed by atoms with E-state index in [0.717, 1.165) is 64.0 Å². The predicted molar refractivity (Wildman–Crippen MR) is 197 cm³/mol. The van der Waals surface area contributed by atoms with Gasteiger partial charge in [-0.3, -0.25) is 4.79 Å². The van der Waals surface area contributed by atoms with E-state index in [1.807, 2.05) is 74.2 Å². The molecule has 1 amide bonds. The van der Waals surface area contributed by atoms with Crippen molar-refractivity contribution in [2.75, 3.05) is 86.9 Å².